The summed E-state index contributed by atoms with van der Waals surface area (Å²) < 4.78 is 13.7. The number of carbonyl (C=O) groups excluding carboxylic acids is 1. The number of piperazine rings is 1. The summed E-state index contributed by atoms with van der Waals surface area (Å²) in [7, 11) is 0. The van der Waals surface area contributed by atoms with Gasteiger partial charge in [0.05, 0.1) is 0 Å². The van der Waals surface area contributed by atoms with Crippen molar-refractivity contribution in [2.75, 3.05) is 36.4 Å². The van der Waals surface area contributed by atoms with Crippen molar-refractivity contribution in [2.24, 2.45) is 0 Å². The molecule has 1 fully saturated rings. The van der Waals surface area contributed by atoms with E-state index in [4.69, 9.17) is 0 Å². The number of carbonyl (C=O) groups is 1. The van der Waals surface area contributed by atoms with Gasteiger partial charge < -0.3 is 15.1 Å². The van der Waals surface area contributed by atoms with Gasteiger partial charge in [0.2, 0.25) is 5.95 Å². The van der Waals surface area contributed by atoms with E-state index in [1.54, 1.807) is 35.4 Å². The van der Waals surface area contributed by atoms with Crippen molar-refractivity contribution in [3.05, 3.63) is 78.0 Å². The summed E-state index contributed by atoms with van der Waals surface area (Å²) in [5, 5.41) is 2.98. The van der Waals surface area contributed by atoms with Gasteiger partial charge in [-0.25, -0.2) is 19.3 Å². The highest BCUT2D eigenvalue weighted by Gasteiger charge is 2.23. The number of hydrogen-bond donors (Lipinski definition) is 1. The van der Waals surface area contributed by atoms with E-state index in [1.807, 2.05) is 18.2 Å². The van der Waals surface area contributed by atoms with Gasteiger partial charge in [0, 0.05) is 50.7 Å². The van der Waals surface area contributed by atoms with Crippen LogP contribution in [0.15, 0.2) is 60.9 Å². The summed E-state index contributed by atoms with van der Waals surface area (Å²) in [4.78, 5) is 29.6. The molecule has 4 rings (SSSR count). The number of rotatable bonds is 5. The molecule has 0 bridgehead atoms. The predicted molar refractivity (Wildman–Crippen MR) is 108 cm³/mol. The average Bonchev–Trinajstić information content (AvgIpc) is 2.79. The first-order valence-corrected chi connectivity index (χ1v) is 9.46. The lowest BCUT2D eigenvalue weighted by Gasteiger charge is -2.35. The average molecular weight is 392 g/mol. The maximum Gasteiger partial charge on any atom is 0.272 e. The zero-order chi connectivity index (χ0) is 20.1. The highest BCUT2D eigenvalue weighted by atomic mass is 19.1. The van der Waals surface area contributed by atoms with Crippen LogP contribution >= 0.6 is 0 Å². The highest BCUT2D eigenvalue weighted by Crippen LogP contribution is 2.15. The molecule has 3 heterocycles. The van der Waals surface area contributed by atoms with E-state index in [1.165, 1.54) is 12.3 Å². The van der Waals surface area contributed by atoms with Gasteiger partial charge in [-0.1, -0.05) is 24.3 Å². The first-order chi connectivity index (χ1) is 14.2. The van der Waals surface area contributed by atoms with E-state index in [2.05, 4.69) is 25.2 Å². The van der Waals surface area contributed by atoms with Crippen LogP contribution in [-0.4, -0.2) is 51.9 Å². The summed E-state index contributed by atoms with van der Waals surface area (Å²) in [6.07, 6.45) is 3.30. The van der Waals surface area contributed by atoms with Crippen LogP contribution in [0.25, 0.3) is 0 Å². The third kappa shape index (κ3) is 4.48. The Balaban J connectivity index is 1.37. The smallest absolute Gasteiger partial charge is 0.272 e. The number of amides is 1. The topological polar surface area (TPSA) is 74.2 Å². The SMILES string of the molecule is O=C(c1ccnc(NCc2ccccc2F)n1)N1CCN(c2ccccn2)CC1. The molecule has 1 aliphatic rings. The maximum absolute atomic E-state index is 13.7. The van der Waals surface area contributed by atoms with Gasteiger partial charge in [0.15, 0.2) is 0 Å². The molecule has 1 aliphatic heterocycles. The van der Waals surface area contributed by atoms with Crippen LogP contribution in [0.4, 0.5) is 16.2 Å². The summed E-state index contributed by atoms with van der Waals surface area (Å²) in [5.41, 5.74) is 0.834. The molecular weight excluding hydrogens is 371 g/mol. The standard InChI is InChI=1S/C21H21FN6O/c22-17-6-2-1-5-16(17)15-25-21-24-10-8-18(26-21)20(29)28-13-11-27(12-14-28)19-7-3-4-9-23-19/h1-10H,11-15H2,(H,24,25,26). The maximum atomic E-state index is 13.7. The van der Waals surface area contributed by atoms with Crippen LogP contribution in [0, 0.1) is 5.82 Å². The molecule has 7 nitrogen and oxygen atoms in total. The zero-order valence-electron chi connectivity index (χ0n) is 15.8. The van der Waals surface area contributed by atoms with Crippen molar-refractivity contribution in [1.82, 2.24) is 19.9 Å². The molecule has 0 atom stereocenters. The summed E-state index contributed by atoms with van der Waals surface area (Å²) in [5.74, 6) is 0.785. The summed E-state index contributed by atoms with van der Waals surface area (Å²) >= 11 is 0. The zero-order valence-corrected chi connectivity index (χ0v) is 15.8. The molecule has 0 unspecified atom stereocenters. The number of pyridine rings is 1. The van der Waals surface area contributed by atoms with Gasteiger partial charge in [0.1, 0.15) is 17.3 Å². The molecule has 8 heteroatoms. The molecule has 1 aromatic carbocycles. The van der Waals surface area contributed by atoms with E-state index < -0.39 is 0 Å². The van der Waals surface area contributed by atoms with E-state index in [-0.39, 0.29) is 18.3 Å². The molecule has 148 valence electrons. The summed E-state index contributed by atoms with van der Waals surface area (Å²) in [6, 6.07) is 13.9. The second kappa shape index (κ2) is 8.64. The Labute approximate surface area is 168 Å². The van der Waals surface area contributed by atoms with Crippen molar-refractivity contribution in [3.63, 3.8) is 0 Å². The number of halogens is 1. The Morgan fingerprint density at radius 3 is 2.52 bits per heavy atom. The molecule has 2 aromatic heterocycles. The molecule has 0 radical (unpaired) electrons. The van der Waals surface area contributed by atoms with Crippen LogP contribution in [0.3, 0.4) is 0 Å². The van der Waals surface area contributed by atoms with Crippen LogP contribution in [0.2, 0.25) is 0 Å². The van der Waals surface area contributed by atoms with Crippen molar-refractivity contribution in [3.8, 4) is 0 Å². The molecule has 0 aliphatic carbocycles. The number of nitrogens with zero attached hydrogens (tertiary/aromatic N) is 5. The van der Waals surface area contributed by atoms with Gasteiger partial charge in [-0.2, -0.15) is 0 Å². The molecule has 1 saturated heterocycles. The van der Waals surface area contributed by atoms with Gasteiger partial charge in [-0.05, 0) is 24.3 Å². The van der Waals surface area contributed by atoms with E-state index in [9.17, 15) is 9.18 Å². The number of hydrogen-bond acceptors (Lipinski definition) is 6. The van der Waals surface area contributed by atoms with Gasteiger partial charge in [0.25, 0.3) is 5.91 Å². The fourth-order valence-electron chi connectivity index (χ4n) is 3.22. The minimum Gasteiger partial charge on any atom is -0.353 e. The lowest BCUT2D eigenvalue weighted by Crippen LogP contribution is -2.49. The fraction of sp³-hybridized carbons (Fsp3) is 0.238. The Bertz CT molecular complexity index is 976. The van der Waals surface area contributed by atoms with Gasteiger partial charge in [-0.15, -0.1) is 0 Å². The van der Waals surface area contributed by atoms with Crippen LogP contribution in [0.1, 0.15) is 16.1 Å². The van der Waals surface area contributed by atoms with Crippen LogP contribution in [-0.2, 0) is 6.54 Å². The quantitative estimate of drug-likeness (QED) is 0.720. The van der Waals surface area contributed by atoms with Crippen LogP contribution in [0.5, 0.6) is 0 Å². The molecule has 0 saturated carbocycles. The molecule has 0 spiro atoms. The number of nitrogens with one attached hydrogen (secondary N) is 1. The monoisotopic (exact) mass is 392 g/mol. The van der Waals surface area contributed by atoms with E-state index in [0.717, 1.165) is 5.82 Å². The number of aromatic nitrogens is 3. The van der Waals surface area contributed by atoms with Crippen molar-refractivity contribution < 1.29 is 9.18 Å². The minimum atomic E-state index is -0.294. The number of benzene rings is 1. The third-order valence-electron chi connectivity index (χ3n) is 4.81. The lowest BCUT2D eigenvalue weighted by atomic mass is 10.2. The van der Waals surface area contributed by atoms with Crippen molar-refractivity contribution >= 4 is 17.7 Å². The summed E-state index contributed by atoms with van der Waals surface area (Å²) in [6.45, 7) is 2.86. The molecule has 1 N–H and O–H groups in total. The first kappa shape index (κ1) is 18.8. The number of anilines is 2. The molecule has 1 amide bonds. The largest absolute Gasteiger partial charge is 0.353 e. The Morgan fingerprint density at radius 1 is 0.966 bits per heavy atom. The molecule has 3 aromatic rings. The van der Waals surface area contributed by atoms with Gasteiger partial charge in [-0.3, -0.25) is 4.79 Å². The van der Waals surface area contributed by atoms with Crippen molar-refractivity contribution in [1.29, 1.82) is 0 Å². The molecular formula is C21H21FN6O. The Morgan fingerprint density at radius 2 is 1.76 bits per heavy atom. The predicted octanol–water partition coefficient (Wildman–Crippen LogP) is 2.59. The van der Waals surface area contributed by atoms with E-state index in [0.29, 0.717) is 43.4 Å². The minimum absolute atomic E-state index is 0.137. The lowest BCUT2D eigenvalue weighted by molar-refractivity contribution is 0.0740. The normalized spacial score (nSPS) is 14.0. The third-order valence-corrected chi connectivity index (χ3v) is 4.81. The first-order valence-electron chi connectivity index (χ1n) is 9.46. The second-order valence-corrected chi connectivity index (χ2v) is 6.68. The van der Waals surface area contributed by atoms with Crippen LogP contribution < -0.4 is 10.2 Å². The van der Waals surface area contributed by atoms with E-state index >= 15 is 0 Å². The fourth-order valence-corrected chi connectivity index (χ4v) is 3.22. The highest BCUT2D eigenvalue weighted by molar-refractivity contribution is 5.92. The van der Waals surface area contributed by atoms with Crippen molar-refractivity contribution in [2.45, 2.75) is 6.54 Å². The second-order valence-electron chi connectivity index (χ2n) is 6.68. The molecule has 29 heavy (non-hydrogen) atoms. The Hall–Kier alpha value is -3.55. The Kier molecular flexibility index (Phi) is 5.60. The van der Waals surface area contributed by atoms with Gasteiger partial charge >= 0.3 is 0 Å².